The molecule has 0 saturated heterocycles. The lowest BCUT2D eigenvalue weighted by molar-refractivity contribution is 0.0644. The van der Waals surface area contributed by atoms with Gasteiger partial charge in [-0.25, -0.2) is 28.3 Å². The van der Waals surface area contributed by atoms with E-state index in [1.54, 1.807) is 20.0 Å². The highest BCUT2D eigenvalue weighted by Gasteiger charge is 2.37. The molecule has 0 bridgehead atoms. The second kappa shape index (κ2) is 12.2. The number of ether oxygens (including phenoxy) is 1. The third kappa shape index (κ3) is 6.89. The number of carbonyl (C=O) groups excluding carboxylic acids is 1. The van der Waals surface area contributed by atoms with E-state index in [-0.39, 0.29) is 18.8 Å². The van der Waals surface area contributed by atoms with Gasteiger partial charge in [-0.05, 0) is 73.8 Å². The molecule has 2 aromatic rings. The monoisotopic (exact) mass is 599 g/mol. The van der Waals surface area contributed by atoms with E-state index < -0.39 is 33.9 Å². The van der Waals surface area contributed by atoms with Crippen LogP contribution in [0.5, 0.6) is 5.88 Å². The lowest BCUT2D eigenvalue weighted by Crippen LogP contribution is -2.49. The zero-order valence-electron chi connectivity index (χ0n) is 23.8. The molecule has 1 fully saturated rings. The zero-order chi connectivity index (χ0) is 30.1. The molecule has 2 heterocycles. The number of anilines is 1. The van der Waals surface area contributed by atoms with Crippen molar-refractivity contribution in [2.24, 2.45) is 0 Å². The smallest absolute Gasteiger partial charge is 0.459 e. The molecule has 6 N–H and O–H groups in total. The second-order valence-corrected chi connectivity index (χ2v) is 13.7. The summed E-state index contributed by atoms with van der Waals surface area (Å²) in [4.78, 5) is 17.5. The van der Waals surface area contributed by atoms with Gasteiger partial charge in [0.2, 0.25) is 5.88 Å². The van der Waals surface area contributed by atoms with E-state index in [9.17, 15) is 28.4 Å². The number of pyridine rings is 1. The number of amides is 2. The Bertz CT molecular complexity index is 1440. The first-order valence-electron chi connectivity index (χ1n) is 14.3. The van der Waals surface area contributed by atoms with Crippen LogP contribution in [0.15, 0.2) is 42.7 Å². The zero-order valence-corrected chi connectivity index (χ0v) is 24.6. The highest BCUT2D eigenvalue weighted by atomic mass is 32.2. The molecule has 14 heteroatoms. The van der Waals surface area contributed by atoms with Gasteiger partial charge < -0.3 is 30.2 Å². The van der Waals surface area contributed by atoms with Crippen LogP contribution in [0.1, 0.15) is 57.1 Å². The van der Waals surface area contributed by atoms with Gasteiger partial charge in [0.25, 0.3) is 10.0 Å². The fourth-order valence-corrected chi connectivity index (χ4v) is 6.57. The minimum absolute atomic E-state index is 0.0290. The lowest BCUT2D eigenvalue weighted by Gasteiger charge is -2.30. The van der Waals surface area contributed by atoms with Crippen LogP contribution in [-0.2, 0) is 22.9 Å². The highest BCUT2D eigenvalue weighted by molar-refractivity contribution is 7.90. The third-order valence-electron chi connectivity index (χ3n) is 8.08. The van der Waals surface area contributed by atoms with Gasteiger partial charge in [-0.2, -0.15) is 0 Å². The Balaban J connectivity index is 1.31. The molecular formula is C28H38BN5O7S. The number of aliphatic hydroxyl groups excluding tert-OH is 1. The number of benzene rings is 1. The van der Waals surface area contributed by atoms with E-state index in [1.165, 1.54) is 17.3 Å². The van der Waals surface area contributed by atoms with Gasteiger partial charge in [-0.15, -0.1) is 0 Å². The Morgan fingerprint density at radius 2 is 1.95 bits per heavy atom. The Morgan fingerprint density at radius 1 is 1.19 bits per heavy atom. The number of nitrogens with one attached hydrogen (secondary N) is 3. The van der Waals surface area contributed by atoms with Crippen LogP contribution in [0.2, 0.25) is 5.31 Å². The molecule has 1 aliphatic heterocycles. The van der Waals surface area contributed by atoms with Crippen molar-refractivity contribution in [3.63, 3.8) is 0 Å². The molecule has 0 radical (unpaired) electrons. The number of fused-ring (bicyclic) bond motifs is 1. The fourth-order valence-electron chi connectivity index (χ4n) is 5.58. The fraction of sp³-hybridized carbons (Fsp3) is 0.500. The number of hydrogen-bond donors (Lipinski definition) is 6. The summed E-state index contributed by atoms with van der Waals surface area (Å²) < 4.78 is 34.4. The van der Waals surface area contributed by atoms with Gasteiger partial charge in [0.05, 0.1) is 11.8 Å². The normalized spacial score (nSPS) is 22.1. The van der Waals surface area contributed by atoms with Gasteiger partial charge in [0.15, 0.2) is 5.37 Å². The number of rotatable bonds is 9. The first kappa shape index (κ1) is 30.3. The van der Waals surface area contributed by atoms with Crippen molar-refractivity contribution in [3.05, 3.63) is 53.9 Å². The molecule has 3 aliphatic rings. The first-order valence-corrected chi connectivity index (χ1v) is 15.8. The van der Waals surface area contributed by atoms with Crippen molar-refractivity contribution >= 4 is 28.9 Å². The van der Waals surface area contributed by atoms with E-state index in [0.29, 0.717) is 24.4 Å². The van der Waals surface area contributed by atoms with Gasteiger partial charge >= 0.3 is 13.1 Å². The quantitative estimate of drug-likeness (QED) is 0.235. The summed E-state index contributed by atoms with van der Waals surface area (Å²) >= 11 is 0. The maximum absolute atomic E-state index is 13.1. The van der Waals surface area contributed by atoms with Gasteiger partial charge in [-0.3, -0.25) is 0 Å². The Hall–Kier alpha value is -3.17. The number of sulfonamides is 1. The van der Waals surface area contributed by atoms with E-state index in [1.807, 2.05) is 24.3 Å². The summed E-state index contributed by atoms with van der Waals surface area (Å²) in [5.41, 5.74) is 6.88. The molecule has 42 heavy (non-hydrogen) atoms. The Kier molecular flexibility index (Phi) is 8.81. The number of hydrazine groups is 1. The maximum atomic E-state index is 13.1. The number of nitrogens with zero attached hydrogens (tertiary/aromatic N) is 2. The van der Waals surface area contributed by atoms with Crippen LogP contribution in [0.3, 0.4) is 0 Å². The van der Waals surface area contributed by atoms with Crippen molar-refractivity contribution in [2.75, 3.05) is 11.9 Å². The number of carbonyl (C=O) groups is 1. The average Bonchev–Trinajstić information content (AvgIpc) is 3.60. The number of aryl methyl sites for hydroxylation is 1. The van der Waals surface area contributed by atoms with Crippen molar-refractivity contribution in [1.29, 1.82) is 0 Å². The summed E-state index contributed by atoms with van der Waals surface area (Å²) in [5.74, 6) is 0.452. The predicted octanol–water partition coefficient (Wildman–Crippen LogP) is 2.28. The van der Waals surface area contributed by atoms with Crippen molar-refractivity contribution in [3.8, 4) is 17.0 Å². The molecule has 2 amide bonds. The SMILES string of the molecule is CC(C)(CN1C=CC(S(=O)(=O)NC(=O)Nc2c(-c3ccnc(OC4CCC(O)CC4)c3)ccc3c2CCC3)N1)B(O)O. The number of urea groups is 1. The number of aromatic nitrogens is 1. The van der Waals surface area contributed by atoms with Crippen LogP contribution in [-0.4, -0.2) is 70.8 Å². The van der Waals surface area contributed by atoms with E-state index in [0.717, 1.165) is 54.4 Å². The molecule has 1 aromatic heterocycles. The molecule has 1 atom stereocenters. The molecule has 226 valence electrons. The van der Waals surface area contributed by atoms with Crippen LogP contribution >= 0.6 is 0 Å². The second-order valence-electron chi connectivity index (χ2n) is 11.9. The van der Waals surface area contributed by atoms with E-state index >= 15 is 0 Å². The Morgan fingerprint density at radius 3 is 2.69 bits per heavy atom. The highest BCUT2D eigenvalue weighted by Crippen LogP contribution is 2.38. The molecule has 2 aliphatic carbocycles. The Labute approximate surface area is 246 Å². The first-order chi connectivity index (χ1) is 19.9. The average molecular weight is 600 g/mol. The molecule has 1 saturated carbocycles. The summed E-state index contributed by atoms with van der Waals surface area (Å²) in [6.45, 7) is 3.39. The van der Waals surface area contributed by atoms with Crippen molar-refractivity contribution in [1.82, 2.24) is 20.1 Å². The minimum atomic E-state index is -4.18. The van der Waals surface area contributed by atoms with Crippen molar-refractivity contribution in [2.45, 2.75) is 81.7 Å². The summed E-state index contributed by atoms with van der Waals surface area (Å²) in [6.07, 6.45) is 9.62. The number of hydrogen-bond acceptors (Lipinski definition) is 10. The topological polar surface area (TPSA) is 173 Å². The van der Waals surface area contributed by atoms with Gasteiger partial charge in [0.1, 0.15) is 6.10 Å². The molecule has 12 nitrogen and oxygen atoms in total. The number of aliphatic hydroxyl groups is 1. The third-order valence-corrected chi connectivity index (χ3v) is 9.48. The predicted molar refractivity (Wildman–Crippen MR) is 159 cm³/mol. The molecule has 1 aromatic carbocycles. The van der Waals surface area contributed by atoms with Crippen molar-refractivity contribution < 1.29 is 33.1 Å². The van der Waals surface area contributed by atoms with Crippen LogP contribution in [0, 0.1) is 0 Å². The molecule has 5 rings (SSSR count). The lowest BCUT2D eigenvalue weighted by atomic mass is 9.60. The standard InChI is InChI=1S/C28H38BN5O7S/c1-28(2,29(37)38)17-34-15-13-25(32-34)42(39,40)33-27(36)31-26-22-5-3-4-18(22)6-11-23(26)19-12-14-30-24(16-19)41-21-9-7-20(35)8-10-21/h6,11-16,20-21,25,32,35,37-38H,3-5,7-10,17H2,1-2H3,(H2,31,33,36). The molecule has 0 spiro atoms. The van der Waals surface area contributed by atoms with Gasteiger partial charge in [0, 0.05) is 35.9 Å². The summed E-state index contributed by atoms with van der Waals surface area (Å²) in [7, 11) is -5.78. The summed E-state index contributed by atoms with van der Waals surface area (Å²) in [6, 6.07) is 6.70. The maximum Gasteiger partial charge on any atom is 0.459 e. The van der Waals surface area contributed by atoms with Crippen LogP contribution in [0.25, 0.3) is 11.1 Å². The van der Waals surface area contributed by atoms with Gasteiger partial charge in [-0.1, -0.05) is 26.0 Å². The van der Waals surface area contributed by atoms with Crippen LogP contribution < -0.4 is 20.2 Å². The molecule has 1 unspecified atom stereocenters. The van der Waals surface area contributed by atoms with E-state index in [2.05, 4.69) is 20.4 Å². The van der Waals surface area contributed by atoms with Crippen LogP contribution in [0.4, 0.5) is 10.5 Å². The van der Waals surface area contributed by atoms with E-state index in [4.69, 9.17) is 4.74 Å². The molecular weight excluding hydrogens is 561 g/mol. The summed E-state index contributed by atoms with van der Waals surface area (Å²) in [5, 5.41) is 31.0. The minimum Gasteiger partial charge on any atom is -0.474 e. The largest absolute Gasteiger partial charge is 0.474 e.